The fourth-order valence-electron chi connectivity index (χ4n) is 3.62. The van der Waals surface area contributed by atoms with Gasteiger partial charge >= 0.3 is 0 Å². The van der Waals surface area contributed by atoms with Gasteiger partial charge in [-0.25, -0.2) is 0 Å². The zero-order valence-electron chi connectivity index (χ0n) is 13.8. The van der Waals surface area contributed by atoms with Crippen LogP contribution in [0.1, 0.15) is 30.4 Å². The number of benzene rings is 2. The van der Waals surface area contributed by atoms with Gasteiger partial charge in [-0.2, -0.15) is 0 Å². The lowest BCUT2D eigenvalue weighted by atomic mass is 9.82. The van der Waals surface area contributed by atoms with Crippen LogP contribution in [0.2, 0.25) is 0 Å². The summed E-state index contributed by atoms with van der Waals surface area (Å²) in [6.45, 7) is 1.30. The van der Waals surface area contributed by atoms with E-state index in [4.69, 9.17) is 9.47 Å². The minimum absolute atomic E-state index is 0.651. The van der Waals surface area contributed by atoms with Crippen molar-refractivity contribution in [1.82, 2.24) is 0 Å². The van der Waals surface area contributed by atoms with Gasteiger partial charge in [-0.3, -0.25) is 0 Å². The van der Waals surface area contributed by atoms with Gasteiger partial charge in [0.2, 0.25) is 5.79 Å². The molecule has 0 N–H and O–H groups in total. The Hall–Kier alpha value is -2.16. The Morgan fingerprint density at radius 3 is 1.58 bits per heavy atom. The average Bonchev–Trinajstić information content (AvgIpc) is 3.11. The van der Waals surface area contributed by atoms with Crippen LogP contribution in [0.25, 0.3) is 12.2 Å². The molecular formula is C22H22O2. The van der Waals surface area contributed by atoms with Crippen molar-refractivity contribution in [2.24, 2.45) is 0 Å². The molecule has 2 fully saturated rings. The van der Waals surface area contributed by atoms with E-state index in [1.54, 1.807) is 0 Å². The van der Waals surface area contributed by atoms with Gasteiger partial charge in [0.15, 0.2) is 0 Å². The van der Waals surface area contributed by atoms with Crippen LogP contribution >= 0.6 is 0 Å². The van der Waals surface area contributed by atoms with E-state index in [2.05, 4.69) is 60.7 Å². The summed E-state index contributed by atoms with van der Waals surface area (Å²) >= 11 is 0. The second kappa shape index (κ2) is 6.76. The summed E-state index contributed by atoms with van der Waals surface area (Å²) in [6.07, 6.45) is 7.64. The van der Waals surface area contributed by atoms with E-state index < -0.39 is 5.79 Å². The van der Waals surface area contributed by atoms with E-state index in [0.717, 1.165) is 19.3 Å². The van der Waals surface area contributed by atoms with Gasteiger partial charge in [0.25, 0.3) is 0 Å². The van der Waals surface area contributed by atoms with Crippen LogP contribution < -0.4 is 0 Å². The number of hydrogen-bond donors (Lipinski definition) is 0. The van der Waals surface area contributed by atoms with Crippen LogP contribution in [-0.2, 0) is 9.47 Å². The molecule has 122 valence electrons. The zero-order chi connectivity index (χ0) is 16.2. The summed E-state index contributed by atoms with van der Waals surface area (Å²) in [4.78, 5) is 0. The minimum Gasteiger partial charge on any atom is -0.340 e. The van der Waals surface area contributed by atoms with Crippen molar-refractivity contribution < 1.29 is 9.47 Å². The second-order valence-electron chi connectivity index (χ2n) is 6.33. The highest BCUT2D eigenvalue weighted by Gasteiger charge is 2.45. The van der Waals surface area contributed by atoms with Crippen molar-refractivity contribution in [3.05, 3.63) is 82.9 Å². The van der Waals surface area contributed by atoms with Gasteiger partial charge in [0.05, 0.1) is 13.2 Å². The summed E-state index contributed by atoms with van der Waals surface area (Å²) < 4.78 is 12.4. The van der Waals surface area contributed by atoms with Crippen molar-refractivity contribution in [3.8, 4) is 0 Å². The van der Waals surface area contributed by atoms with Crippen LogP contribution in [-0.4, -0.2) is 19.0 Å². The molecule has 0 bridgehead atoms. The molecule has 0 radical (unpaired) electrons. The Morgan fingerprint density at radius 2 is 1.12 bits per heavy atom. The molecule has 2 heteroatoms. The molecule has 1 heterocycles. The standard InChI is InChI=1S/C22H22O2/c1-3-8-18(9-4-1)16-20-12-7-13-21(22(20)23-14-15-24-22)17-19-10-5-2-6-11-19/h1-6,8-11,16-17H,7,12-15H2/b20-16+,21-17+. The first-order valence-electron chi connectivity index (χ1n) is 8.67. The van der Waals surface area contributed by atoms with Gasteiger partial charge in [-0.15, -0.1) is 0 Å². The highest BCUT2D eigenvalue weighted by Crippen LogP contribution is 2.45. The molecule has 1 aliphatic carbocycles. The van der Waals surface area contributed by atoms with Crippen LogP contribution in [0.5, 0.6) is 0 Å². The van der Waals surface area contributed by atoms with Crippen LogP contribution in [0, 0.1) is 0 Å². The number of hydrogen-bond acceptors (Lipinski definition) is 2. The molecule has 2 aliphatic rings. The highest BCUT2D eigenvalue weighted by atomic mass is 16.7. The fourth-order valence-corrected chi connectivity index (χ4v) is 3.62. The highest BCUT2D eigenvalue weighted by molar-refractivity contribution is 5.62. The van der Waals surface area contributed by atoms with E-state index in [1.807, 2.05) is 12.1 Å². The molecular weight excluding hydrogens is 296 g/mol. The molecule has 0 unspecified atom stereocenters. The quantitative estimate of drug-likeness (QED) is 0.768. The Bertz CT molecular complexity index is 679. The Morgan fingerprint density at radius 1 is 0.667 bits per heavy atom. The molecule has 2 nitrogen and oxygen atoms in total. The van der Waals surface area contributed by atoms with Crippen molar-refractivity contribution >= 4 is 12.2 Å². The predicted molar refractivity (Wildman–Crippen MR) is 97.3 cm³/mol. The molecule has 2 aromatic carbocycles. The Kier molecular flexibility index (Phi) is 4.33. The lowest BCUT2D eigenvalue weighted by Crippen LogP contribution is -2.37. The smallest absolute Gasteiger partial charge is 0.214 e. The first-order valence-corrected chi connectivity index (χ1v) is 8.67. The largest absolute Gasteiger partial charge is 0.340 e. The van der Waals surface area contributed by atoms with E-state index in [1.165, 1.54) is 22.3 Å². The van der Waals surface area contributed by atoms with Gasteiger partial charge in [0.1, 0.15) is 0 Å². The monoisotopic (exact) mass is 318 g/mol. The van der Waals surface area contributed by atoms with E-state index >= 15 is 0 Å². The van der Waals surface area contributed by atoms with Crippen molar-refractivity contribution in [2.45, 2.75) is 25.0 Å². The van der Waals surface area contributed by atoms with Crippen molar-refractivity contribution in [1.29, 1.82) is 0 Å². The third-order valence-corrected chi connectivity index (χ3v) is 4.71. The van der Waals surface area contributed by atoms with Crippen LogP contribution in [0.15, 0.2) is 71.8 Å². The molecule has 1 saturated heterocycles. The van der Waals surface area contributed by atoms with E-state index in [0.29, 0.717) is 13.2 Å². The number of rotatable bonds is 2. The van der Waals surface area contributed by atoms with Gasteiger partial charge in [0, 0.05) is 0 Å². The molecule has 1 aliphatic heterocycles. The Balaban J connectivity index is 1.76. The predicted octanol–water partition coefficient (Wildman–Crippen LogP) is 5.08. The molecule has 1 spiro atoms. The van der Waals surface area contributed by atoms with E-state index in [9.17, 15) is 0 Å². The van der Waals surface area contributed by atoms with Gasteiger partial charge < -0.3 is 9.47 Å². The molecule has 0 amide bonds. The third-order valence-electron chi connectivity index (χ3n) is 4.71. The summed E-state index contributed by atoms with van der Waals surface area (Å²) in [5.41, 5.74) is 4.87. The fraction of sp³-hybridized carbons (Fsp3) is 0.273. The first kappa shape index (κ1) is 15.4. The lowest BCUT2D eigenvalue weighted by Gasteiger charge is -2.37. The summed E-state index contributed by atoms with van der Waals surface area (Å²) in [7, 11) is 0. The normalized spacial score (nSPS) is 23.2. The van der Waals surface area contributed by atoms with Gasteiger partial charge in [-0.05, 0) is 41.5 Å². The van der Waals surface area contributed by atoms with Crippen molar-refractivity contribution in [2.75, 3.05) is 13.2 Å². The summed E-state index contributed by atoms with van der Waals surface area (Å²) in [5.74, 6) is -0.663. The van der Waals surface area contributed by atoms with Crippen LogP contribution in [0.4, 0.5) is 0 Å². The first-order chi connectivity index (χ1) is 11.9. The molecule has 4 rings (SSSR count). The topological polar surface area (TPSA) is 18.5 Å². The molecule has 1 saturated carbocycles. The Labute approximate surface area is 143 Å². The van der Waals surface area contributed by atoms with Gasteiger partial charge in [-0.1, -0.05) is 72.8 Å². The molecule has 0 atom stereocenters. The molecule has 24 heavy (non-hydrogen) atoms. The maximum Gasteiger partial charge on any atom is 0.214 e. The SMILES string of the molecule is C(=C1/CCC/C(=C\c2ccccc2)C12OCCO2)/c1ccccc1. The number of ether oxygens (including phenoxy) is 2. The zero-order valence-corrected chi connectivity index (χ0v) is 13.8. The third kappa shape index (κ3) is 2.95. The maximum absolute atomic E-state index is 6.19. The molecule has 2 aromatic rings. The van der Waals surface area contributed by atoms with E-state index in [-0.39, 0.29) is 0 Å². The molecule has 0 aromatic heterocycles. The average molecular weight is 318 g/mol. The maximum atomic E-state index is 6.19. The second-order valence-corrected chi connectivity index (χ2v) is 6.33. The summed E-state index contributed by atoms with van der Waals surface area (Å²) in [6, 6.07) is 20.9. The summed E-state index contributed by atoms with van der Waals surface area (Å²) in [5, 5.41) is 0. The lowest BCUT2D eigenvalue weighted by molar-refractivity contribution is -0.101. The van der Waals surface area contributed by atoms with Crippen molar-refractivity contribution in [3.63, 3.8) is 0 Å². The minimum atomic E-state index is -0.663. The van der Waals surface area contributed by atoms with Crippen LogP contribution in [0.3, 0.4) is 0 Å².